The maximum Gasteiger partial charge on any atom is 0.516 e. The quantitative estimate of drug-likeness (QED) is 0.437. The van der Waals surface area contributed by atoms with E-state index in [1.54, 1.807) is 0 Å². The molecule has 0 aliphatic rings. The summed E-state index contributed by atoms with van der Waals surface area (Å²) in [7, 11) is -5.45. The van der Waals surface area contributed by atoms with Gasteiger partial charge in [0.05, 0.1) is 11.4 Å². The van der Waals surface area contributed by atoms with Crippen molar-refractivity contribution in [2.45, 2.75) is 45.0 Å². The number of alkyl halides is 3. The van der Waals surface area contributed by atoms with Crippen molar-refractivity contribution < 1.29 is 21.6 Å². The van der Waals surface area contributed by atoms with Gasteiger partial charge in [-0.05, 0) is 37.1 Å². The number of thiazole rings is 1. The number of sulfonamides is 1. The zero-order chi connectivity index (χ0) is 22.6. The van der Waals surface area contributed by atoms with Gasteiger partial charge in [0.25, 0.3) is 0 Å². The molecule has 0 amide bonds. The maximum atomic E-state index is 12.5. The Bertz CT molecular complexity index is 1140. The van der Waals surface area contributed by atoms with E-state index in [4.69, 9.17) is 4.98 Å². The van der Waals surface area contributed by atoms with Crippen LogP contribution in [-0.2, 0) is 22.9 Å². The average molecular weight is 470 g/mol. The third-order valence-corrected chi connectivity index (χ3v) is 6.49. The molecular weight excluding hydrogens is 447 g/mol. The fraction of sp³-hybridized carbons (Fsp3) is 0.333. The minimum absolute atomic E-state index is 0.169. The Hall–Kier alpha value is -2.46. The number of benzene rings is 1. The van der Waals surface area contributed by atoms with E-state index in [-0.39, 0.29) is 5.69 Å². The van der Waals surface area contributed by atoms with E-state index in [9.17, 15) is 21.6 Å². The van der Waals surface area contributed by atoms with E-state index in [2.05, 4.69) is 18.8 Å². The minimum Gasteiger partial charge on any atom is -0.276 e. The van der Waals surface area contributed by atoms with Crippen molar-refractivity contribution in [2.24, 2.45) is 0 Å². The second-order valence-electron chi connectivity index (χ2n) is 6.96. The average Bonchev–Trinajstić information content (AvgIpc) is 3.18. The Balaban J connectivity index is 1.84. The molecule has 1 aromatic carbocycles. The van der Waals surface area contributed by atoms with Crippen LogP contribution in [0.25, 0.3) is 21.8 Å². The minimum atomic E-state index is -5.45. The molecule has 0 aliphatic carbocycles. The number of anilines is 1. The van der Waals surface area contributed by atoms with Gasteiger partial charge in [0.2, 0.25) is 0 Å². The van der Waals surface area contributed by atoms with Crippen LogP contribution in [0.3, 0.4) is 0 Å². The number of rotatable bonds is 8. The number of nitrogens with one attached hydrogen (secondary N) is 1. The van der Waals surface area contributed by atoms with Crippen LogP contribution in [0.1, 0.15) is 38.1 Å². The highest BCUT2D eigenvalue weighted by Gasteiger charge is 2.46. The van der Waals surface area contributed by atoms with Gasteiger partial charge in [0.15, 0.2) is 0 Å². The van der Waals surface area contributed by atoms with Crippen LogP contribution in [0.2, 0.25) is 0 Å². The molecule has 10 heteroatoms. The van der Waals surface area contributed by atoms with Crippen LogP contribution in [-0.4, -0.2) is 23.9 Å². The Kier molecular flexibility index (Phi) is 7.00. The smallest absolute Gasteiger partial charge is 0.276 e. The van der Waals surface area contributed by atoms with Crippen molar-refractivity contribution in [3.8, 4) is 21.8 Å². The first-order valence-electron chi connectivity index (χ1n) is 9.78. The number of aryl methyl sites for hydroxylation is 2. The molecule has 31 heavy (non-hydrogen) atoms. The summed E-state index contributed by atoms with van der Waals surface area (Å²) in [6, 6.07) is 9.68. The molecule has 2 heterocycles. The van der Waals surface area contributed by atoms with Crippen molar-refractivity contribution in [1.29, 1.82) is 0 Å². The van der Waals surface area contributed by atoms with Gasteiger partial charge in [-0.25, -0.2) is 4.98 Å². The predicted molar refractivity (Wildman–Crippen MR) is 117 cm³/mol. The summed E-state index contributed by atoms with van der Waals surface area (Å²) in [6.45, 7) is 4.21. The van der Waals surface area contributed by atoms with E-state index in [1.165, 1.54) is 40.3 Å². The molecule has 0 aliphatic heterocycles. The highest BCUT2D eigenvalue weighted by Crippen LogP contribution is 2.32. The summed E-state index contributed by atoms with van der Waals surface area (Å²) in [5.41, 5.74) is -1.16. The normalized spacial score (nSPS) is 12.2. The Morgan fingerprint density at radius 2 is 1.65 bits per heavy atom. The molecular formula is C21H22F3N3O2S2. The number of pyridine rings is 1. The molecule has 3 rings (SSSR count). The standard InChI is InChI=1S/C21H22F3N3O2S2/c1-3-5-15-11-12-17(18(25-15)6-4-2)20-26-19(13-30-20)14-7-9-16(10-8-14)27-31(28,29)21(22,23)24/h7-13,27H,3-6H2,1-2H3. The first-order chi connectivity index (χ1) is 14.6. The topological polar surface area (TPSA) is 72.0 Å². The highest BCUT2D eigenvalue weighted by molar-refractivity contribution is 7.93. The molecule has 0 fully saturated rings. The number of hydrogen-bond acceptors (Lipinski definition) is 5. The Labute approximate surface area is 183 Å². The van der Waals surface area contributed by atoms with E-state index >= 15 is 0 Å². The fourth-order valence-corrected chi connectivity index (χ4v) is 4.45. The molecule has 0 atom stereocenters. The molecule has 0 saturated heterocycles. The zero-order valence-corrected chi connectivity index (χ0v) is 18.7. The number of halogens is 3. The summed E-state index contributed by atoms with van der Waals surface area (Å²) >= 11 is 1.46. The molecule has 0 bridgehead atoms. The SMILES string of the molecule is CCCc1ccc(-c2nc(-c3ccc(NS(=O)(=O)C(F)(F)F)cc3)cs2)c(CCC)n1. The summed E-state index contributed by atoms with van der Waals surface area (Å²) in [5.74, 6) is 0. The number of nitrogens with zero attached hydrogens (tertiary/aromatic N) is 2. The first-order valence-corrected chi connectivity index (χ1v) is 12.1. The molecule has 0 saturated carbocycles. The van der Waals surface area contributed by atoms with Crippen molar-refractivity contribution in [3.05, 3.63) is 53.2 Å². The van der Waals surface area contributed by atoms with Gasteiger partial charge in [-0.1, -0.05) is 38.8 Å². The van der Waals surface area contributed by atoms with Crippen molar-refractivity contribution in [1.82, 2.24) is 9.97 Å². The molecule has 0 spiro atoms. The zero-order valence-electron chi connectivity index (χ0n) is 17.0. The predicted octanol–water partition coefficient (Wildman–Crippen LogP) is 6.04. The molecule has 166 valence electrons. The van der Waals surface area contributed by atoms with Gasteiger partial charge >= 0.3 is 15.5 Å². The van der Waals surface area contributed by atoms with Crippen LogP contribution in [0, 0.1) is 0 Å². The summed E-state index contributed by atoms with van der Waals surface area (Å²) in [4.78, 5) is 9.46. The van der Waals surface area contributed by atoms with Gasteiger partial charge < -0.3 is 0 Å². The number of hydrogen-bond donors (Lipinski definition) is 1. The maximum absolute atomic E-state index is 12.5. The highest BCUT2D eigenvalue weighted by atomic mass is 32.2. The Morgan fingerprint density at radius 3 is 2.26 bits per heavy atom. The molecule has 3 aromatic rings. The molecule has 2 aromatic heterocycles. The first kappa shape index (κ1) is 23.2. The van der Waals surface area contributed by atoms with Crippen LogP contribution in [0.15, 0.2) is 41.8 Å². The van der Waals surface area contributed by atoms with Crippen LogP contribution < -0.4 is 4.72 Å². The third-order valence-electron chi connectivity index (χ3n) is 4.50. The van der Waals surface area contributed by atoms with Gasteiger partial charge in [0, 0.05) is 27.9 Å². The number of aromatic nitrogens is 2. The molecule has 0 unspecified atom stereocenters. The molecule has 0 radical (unpaired) electrons. The largest absolute Gasteiger partial charge is 0.516 e. The van der Waals surface area contributed by atoms with Gasteiger partial charge in [-0.2, -0.15) is 21.6 Å². The van der Waals surface area contributed by atoms with Crippen molar-refractivity contribution >= 4 is 27.0 Å². The molecule has 5 nitrogen and oxygen atoms in total. The van der Waals surface area contributed by atoms with E-state index in [0.717, 1.165) is 47.6 Å². The second-order valence-corrected chi connectivity index (χ2v) is 9.50. The third kappa shape index (κ3) is 5.43. The van der Waals surface area contributed by atoms with Gasteiger partial charge in [0.1, 0.15) is 5.01 Å². The fourth-order valence-electron chi connectivity index (χ4n) is 3.02. The van der Waals surface area contributed by atoms with Crippen LogP contribution in [0.5, 0.6) is 0 Å². The van der Waals surface area contributed by atoms with E-state index in [0.29, 0.717) is 11.3 Å². The second kappa shape index (κ2) is 9.35. The lowest BCUT2D eigenvalue weighted by atomic mass is 10.1. The summed E-state index contributed by atoms with van der Waals surface area (Å²) < 4.78 is 61.5. The van der Waals surface area contributed by atoms with Crippen LogP contribution in [0.4, 0.5) is 18.9 Å². The summed E-state index contributed by atoms with van der Waals surface area (Å²) in [6.07, 6.45) is 3.75. The van der Waals surface area contributed by atoms with Crippen molar-refractivity contribution in [2.75, 3.05) is 4.72 Å². The van der Waals surface area contributed by atoms with Crippen molar-refractivity contribution in [3.63, 3.8) is 0 Å². The van der Waals surface area contributed by atoms with Gasteiger partial charge in [-0.15, -0.1) is 11.3 Å². The summed E-state index contributed by atoms with van der Waals surface area (Å²) in [5, 5.41) is 2.68. The van der Waals surface area contributed by atoms with Gasteiger partial charge in [-0.3, -0.25) is 9.71 Å². The lowest BCUT2D eigenvalue weighted by Gasteiger charge is -2.10. The molecule has 1 N–H and O–H groups in total. The monoisotopic (exact) mass is 469 g/mol. The lowest BCUT2D eigenvalue weighted by Crippen LogP contribution is -2.29. The lowest BCUT2D eigenvalue weighted by molar-refractivity contribution is -0.0429. The van der Waals surface area contributed by atoms with E-state index < -0.39 is 15.5 Å². The van der Waals surface area contributed by atoms with Crippen LogP contribution >= 0.6 is 11.3 Å². The Morgan fingerprint density at radius 1 is 0.968 bits per heavy atom. The van der Waals surface area contributed by atoms with E-state index in [1.807, 2.05) is 17.5 Å².